The SMILES string of the molecule is CCCOc1ccccc1Oc1ncccc1CNC(=O)[C@H]1CCN[C@@H](C)C1.Cl. The predicted octanol–water partition coefficient (Wildman–Crippen LogP) is 4.09. The summed E-state index contributed by atoms with van der Waals surface area (Å²) in [6.45, 7) is 6.07. The molecule has 0 radical (unpaired) electrons. The molecular weight excluding hydrogens is 390 g/mol. The van der Waals surface area contributed by atoms with Crippen LogP contribution in [0.1, 0.15) is 38.7 Å². The number of pyridine rings is 1. The number of piperidine rings is 1. The summed E-state index contributed by atoms with van der Waals surface area (Å²) in [5, 5.41) is 6.42. The quantitative estimate of drug-likeness (QED) is 0.674. The van der Waals surface area contributed by atoms with E-state index in [1.807, 2.05) is 36.4 Å². The molecule has 1 fully saturated rings. The van der Waals surface area contributed by atoms with Gasteiger partial charge in [0.25, 0.3) is 0 Å². The number of para-hydroxylation sites is 2. The molecule has 0 bridgehead atoms. The fourth-order valence-electron chi connectivity index (χ4n) is 3.32. The maximum atomic E-state index is 12.5. The first-order valence-corrected chi connectivity index (χ1v) is 10.0. The zero-order valence-electron chi connectivity index (χ0n) is 17.0. The van der Waals surface area contributed by atoms with Crippen molar-refractivity contribution in [2.75, 3.05) is 13.2 Å². The van der Waals surface area contributed by atoms with Gasteiger partial charge in [-0.2, -0.15) is 0 Å². The van der Waals surface area contributed by atoms with Gasteiger partial charge in [0, 0.05) is 30.3 Å². The molecule has 2 heterocycles. The van der Waals surface area contributed by atoms with E-state index >= 15 is 0 Å². The molecule has 1 amide bonds. The van der Waals surface area contributed by atoms with Crippen molar-refractivity contribution in [1.82, 2.24) is 15.6 Å². The average Bonchev–Trinajstić information content (AvgIpc) is 2.72. The van der Waals surface area contributed by atoms with E-state index in [0.29, 0.717) is 36.6 Å². The summed E-state index contributed by atoms with van der Waals surface area (Å²) in [5.74, 6) is 1.94. The number of rotatable bonds is 8. The van der Waals surface area contributed by atoms with Crippen LogP contribution in [0.15, 0.2) is 42.6 Å². The number of hydrogen-bond donors (Lipinski definition) is 2. The third-order valence-corrected chi connectivity index (χ3v) is 4.81. The van der Waals surface area contributed by atoms with E-state index in [9.17, 15) is 4.79 Å². The molecule has 2 aromatic rings. The third-order valence-electron chi connectivity index (χ3n) is 4.81. The lowest BCUT2D eigenvalue weighted by Crippen LogP contribution is -2.42. The summed E-state index contributed by atoms with van der Waals surface area (Å²) in [5.41, 5.74) is 0.836. The maximum absolute atomic E-state index is 12.5. The molecule has 3 rings (SSSR count). The van der Waals surface area contributed by atoms with Gasteiger partial charge in [-0.15, -0.1) is 12.4 Å². The second-order valence-corrected chi connectivity index (χ2v) is 7.16. The number of carbonyl (C=O) groups is 1. The lowest BCUT2D eigenvalue weighted by Gasteiger charge is -2.27. The summed E-state index contributed by atoms with van der Waals surface area (Å²) < 4.78 is 11.8. The lowest BCUT2D eigenvalue weighted by atomic mass is 9.92. The predicted molar refractivity (Wildman–Crippen MR) is 116 cm³/mol. The number of aromatic nitrogens is 1. The molecule has 6 nitrogen and oxygen atoms in total. The van der Waals surface area contributed by atoms with Crippen molar-refractivity contribution >= 4 is 18.3 Å². The summed E-state index contributed by atoms with van der Waals surface area (Å²) in [6.07, 6.45) is 4.34. The largest absolute Gasteiger partial charge is 0.490 e. The van der Waals surface area contributed by atoms with Crippen LogP contribution in [0, 0.1) is 5.92 Å². The van der Waals surface area contributed by atoms with Gasteiger partial charge in [0.05, 0.1) is 6.61 Å². The van der Waals surface area contributed by atoms with Crippen LogP contribution in [0.3, 0.4) is 0 Å². The molecule has 2 atom stereocenters. The minimum absolute atomic E-state index is 0. The molecule has 158 valence electrons. The first-order chi connectivity index (χ1) is 13.7. The number of carbonyl (C=O) groups excluding carboxylic acids is 1. The Morgan fingerprint density at radius 2 is 2.03 bits per heavy atom. The number of nitrogens with one attached hydrogen (secondary N) is 2. The van der Waals surface area contributed by atoms with Crippen LogP contribution in [0.5, 0.6) is 17.4 Å². The van der Waals surface area contributed by atoms with Crippen LogP contribution in [0.4, 0.5) is 0 Å². The summed E-state index contributed by atoms with van der Waals surface area (Å²) in [7, 11) is 0. The molecule has 2 N–H and O–H groups in total. The number of ether oxygens (including phenoxy) is 2. The number of hydrogen-bond acceptors (Lipinski definition) is 5. The molecule has 1 saturated heterocycles. The molecule has 7 heteroatoms. The Morgan fingerprint density at radius 3 is 2.79 bits per heavy atom. The van der Waals surface area contributed by atoms with E-state index in [-0.39, 0.29) is 24.2 Å². The van der Waals surface area contributed by atoms with Crippen molar-refractivity contribution in [3.63, 3.8) is 0 Å². The van der Waals surface area contributed by atoms with Crippen molar-refractivity contribution in [2.24, 2.45) is 5.92 Å². The summed E-state index contributed by atoms with van der Waals surface area (Å²) in [6, 6.07) is 11.7. The molecule has 1 aliphatic rings. The smallest absolute Gasteiger partial charge is 0.224 e. The second kappa shape index (κ2) is 11.6. The van der Waals surface area contributed by atoms with Crippen LogP contribution in [0.25, 0.3) is 0 Å². The van der Waals surface area contributed by atoms with Gasteiger partial charge in [-0.05, 0) is 50.9 Å². The zero-order valence-corrected chi connectivity index (χ0v) is 17.8. The Morgan fingerprint density at radius 1 is 1.24 bits per heavy atom. The first kappa shape index (κ1) is 23.0. The van der Waals surface area contributed by atoms with Gasteiger partial charge in [0.15, 0.2) is 11.5 Å². The number of benzene rings is 1. The molecule has 0 saturated carbocycles. The van der Waals surface area contributed by atoms with Crippen molar-refractivity contribution in [3.05, 3.63) is 48.2 Å². The van der Waals surface area contributed by atoms with Crippen LogP contribution in [-0.2, 0) is 11.3 Å². The van der Waals surface area contributed by atoms with E-state index in [1.54, 1.807) is 6.20 Å². The molecular formula is C22H30ClN3O3. The van der Waals surface area contributed by atoms with Gasteiger partial charge in [-0.3, -0.25) is 4.79 Å². The molecule has 1 aromatic carbocycles. The monoisotopic (exact) mass is 419 g/mol. The lowest BCUT2D eigenvalue weighted by molar-refractivity contribution is -0.126. The van der Waals surface area contributed by atoms with Crippen molar-refractivity contribution < 1.29 is 14.3 Å². The maximum Gasteiger partial charge on any atom is 0.224 e. The van der Waals surface area contributed by atoms with Gasteiger partial charge in [-0.25, -0.2) is 4.98 Å². The fraction of sp³-hybridized carbons (Fsp3) is 0.455. The van der Waals surface area contributed by atoms with E-state index in [1.165, 1.54) is 0 Å². The summed E-state index contributed by atoms with van der Waals surface area (Å²) >= 11 is 0. The van der Waals surface area contributed by atoms with Gasteiger partial charge < -0.3 is 20.1 Å². The highest BCUT2D eigenvalue weighted by atomic mass is 35.5. The van der Waals surface area contributed by atoms with Gasteiger partial charge in [-0.1, -0.05) is 25.1 Å². The van der Waals surface area contributed by atoms with E-state index in [0.717, 1.165) is 31.4 Å². The van der Waals surface area contributed by atoms with Crippen molar-refractivity contribution in [3.8, 4) is 17.4 Å². The van der Waals surface area contributed by atoms with E-state index in [4.69, 9.17) is 9.47 Å². The zero-order chi connectivity index (χ0) is 19.8. The molecule has 1 aliphatic heterocycles. The Hall–Kier alpha value is -2.31. The molecule has 1 aromatic heterocycles. The number of amides is 1. The highest BCUT2D eigenvalue weighted by molar-refractivity contribution is 5.85. The molecule has 0 spiro atoms. The second-order valence-electron chi connectivity index (χ2n) is 7.16. The van der Waals surface area contributed by atoms with Crippen molar-refractivity contribution in [2.45, 2.75) is 45.7 Å². The Kier molecular flexibility index (Phi) is 9.22. The normalized spacial score (nSPS) is 18.4. The Bertz CT molecular complexity index is 787. The van der Waals surface area contributed by atoms with Gasteiger partial charge in [0.2, 0.25) is 11.8 Å². The highest BCUT2D eigenvalue weighted by Crippen LogP contribution is 2.32. The van der Waals surface area contributed by atoms with Crippen LogP contribution in [0.2, 0.25) is 0 Å². The number of halogens is 1. The fourth-order valence-corrected chi connectivity index (χ4v) is 3.32. The average molecular weight is 420 g/mol. The third kappa shape index (κ3) is 6.61. The highest BCUT2D eigenvalue weighted by Gasteiger charge is 2.24. The minimum atomic E-state index is 0. The van der Waals surface area contributed by atoms with Gasteiger partial charge >= 0.3 is 0 Å². The van der Waals surface area contributed by atoms with Crippen molar-refractivity contribution in [1.29, 1.82) is 0 Å². The summed E-state index contributed by atoms with van der Waals surface area (Å²) in [4.78, 5) is 16.9. The van der Waals surface area contributed by atoms with Crippen LogP contribution >= 0.6 is 12.4 Å². The van der Waals surface area contributed by atoms with Crippen LogP contribution in [-0.4, -0.2) is 30.1 Å². The van der Waals surface area contributed by atoms with E-state index < -0.39 is 0 Å². The molecule has 0 aliphatic carbocycles. The Balaban J connectivity index is 0.00000300. The van der Waals surface area contributed by atoms with Gasteiger partial charge in [0.1, 0.15) is 0 Å². The Labute approximate surface area is 178 Å². The topological polar surface area (TPSA) is 72.5 Å². The first-order valence-electron chi connectivity index (χ1n) is 10.0. The van der Waals surface area contributed by atoms with E-state index in [2.05, 4.69) is 29.5 Å². The molecule has 0 unspecified atom stereocenters. The minimum Gasteiger partial charge on any atom is -0.490 e. The molecule has 29 heavy (non-hydrogen) atoms. The number of nitrogens with zero attached hydrogens (tertiary/aromatic N) is 1. The standard InChI is InChI=1S/C22H29N3O3.ClH/c1-3-13-27-19-8-4-5-9-20(19)28-22-18(7-6-11-24-22)15-25-21(26)17-10-12-23-16(2)14-17;/h4-9,11,16-17,23H,3,10,12-15H2,1-2H3,(H,25,26);1H/t16-,17-;/m0./s1. The van der Waals surface area contributed by atoms with Crippen LogP contribution < -0.4 is 20.1 Å².